The summed E-state index contributed by atoms with van der Waals surface area (Å²) in [6.07, 6.45) is 3.52. The second kappa shape index (κ2) is 13.6. The fraction of sp³-hybridized carbons (Fsp3) is 0.250. The van der Waals surface area contributed by atoms with E-state index in [9.17, 15) is 19.6 Å². The van der Waals surface area contributed by atoms with Crippen LogP contribution in [0.1, 0.15) is 48.2 Å². The average molecular weight is 554 g/mol. The molecule has 2 amide bonds. The van der Waals surface area contributed by atoms with Crippen molar-refractivity contribution in [1.82, 2.24) is 0 Å². The quantitative estimate of drug-likeness (QED) is 0.180. The number of benzene rings is 3. The lowest BCUT2D eigenvalue weighted by Gasteiger charge is -2.18. The Bertz CT molecular complexity index is 1430. The summed E-state index contributed by atoms with van der Waals surface area (Å²) in [5, 5.41) is 12.6. The Morgan fingerprint density at radius 1 is 0.975 bits per heavy atom. The number of anilines is 2. The summed E-state index contributed by atoms with van der Waals surface area (Å²) < 4.78 is 5.04. The average Bonchev–Trinajstić information content (AvgIpc) is 3.28. The summed E-state index contributed by atoms with van der Waals surface area (Å²) in [5.41, 5.74) is 3.50. The summed E-state index contributed by atoms with van der Waals surface area (Å²) in [4.78, 5) is 40.4. The zero-order valence-electron chi connectivity index (χ0n) is 22.6. The van der Waals surface area contributed by atoms with E-state index < -0.39 is 17.1 Å². The number of aryl methyl sites for hydroxylation is 1. The van der Waals surface area contributed by atoms with Gasteiger partial charge in [0.05, 0.1) is 17.4 Å². The maximum Gasteiger partial charge on any atom is 0.338 e. The number of hydrogen-bond acceptors (Lipinski definition) is 6. The van der Waals surface area contributed by atoms with Crippen LogP contribution < -0.4 is 10.2 Å². The van der Waals surface area contributed by atoms with Crippen molar-refractivity contribution < 1.29 is 19.1 Å². The third kappa shape index (κ3) is 6.80. The number of esters is 1. The van der Waals surface area contributed by atoms with Gasteiger partial charge in [-0.25, -0.2) is 4.79 Å². The first kappa shape index (κ1) is 28.7. The van der Waals surface area contributed by atoms with Gasteiger partial charge in [-0.2, -0.15) is 5.26 Å². The number of amides is 2. The normalized spacial score (nSPS) is 15.9. The number of nitriles is 1. The van der Waals surface area contributed by atoms with Crippen LogP contribution >= 0.6 is 11.8 Å². The lowest BCUT2D eigenvalue weighted by atomic mass is 10.1. The highest BCUT2D eigenvalue weighted by Gasteiger charge is 2.40. The molecule has 1 N–H and O–H groups in total. The Hall–Kier alpha value is -4.35. The number of rotatable bonds is 10. The van der Waals surface area contributed by atoms with Crippen LogP contribution in [0.2, 0.25) is 0 Å². The second-order valence-electron chi connectivity index (χ2n) is 9.28. The maximum atomic E-state index is 13.7. The molecular formula is C32H31N3O4S. The van der Waals surface area contributed by atoms with Gasteiger partial charge < -0.3 is 10.1 Å². The molecule has 1 heterocycles. The number of para-hydroxylation sites is 1. The Morgan fingerprint density at radius 2 is 1.65 bits per heavy atom. The number of carbonyl (C=O) groups is 3. The smallest absolute Gasteiger partial charge is 0.338 e. The minimum absolute atomic E-state index is 0.127. The van der Waals surface area contributed by atoms with Gasteiger partial charge in [0.25, 0.3) is 5.91 Å². The Balaban J connectivity index is 1.60. The van der Waals surface area contributed by atoms with Crippen LogP contribution in [0.3, 0.4) is 0 Å². The molecule has 1 aliphatic heterocycles. The fourth-order valence-corrected chi connectivity index (χ4v) is 5.64. The van der Waals surface area contributed by atoms with Crippen LogP contribution in [0.25, 0.3) is 0 Å². The van der Waals surface area contributed by atoms with E-state index in [2.05, 4.69) is 12.2 Å². The van der Waals surface area contributed by atoms with Crippen molar-refractivity contribution in [3.8, 4) is 6.07 Å². The first-order chi connectivity index (χ1) is 19.4. The minimum Gasteiger partial charge on any atom is -0.462 e. The molecule has 1 unspecified atom stereocenters. The second-order valence-corrected chi connectivity index (χ2v) is 10.5. The van der Waals surface area contributed by atoms with E-state index in [1.165, 1.54) is 22.2 Å². The zero-order chi connectivity index (χ0) is 28.5. The van der Waals surface area contributed by atoms with Crippen LogP contribution in [0.15, 0.2) is 89.5 Å². The molecule has 4 rings (SSSR count). The topological polar surface area (TPSA) is 99.5 Å². The zero-order valence-corrected chi connectivity index (χ0v) is 23.4. The van der Waals surface area contributed by atoms with Crippen LogP contribution in [0.5, 0.6) is 0 Å². The van der Waals surface area contributed by atoms with Gasteiger partial charge >= 0.3 is 5.97 Å². The summed E-state index contributed by atoms with van der Waals surface area (Å²) in [6, 6.07) is 25.6. The van der Waals surface area contributed by atoms with Gasteiger partial charge in [0.15, 0.2) is 0 Å². The van der Waals surface area contributed by atoms with Gasteiger partial charge in [-0.3, -0.25) is 14.5 Å². The SMILES string of the molecule is CCCCc1ccc(NC(=O)C(C#N)=C2SC(Cc3ccc(C(=O)OCC)cc3)C(=O)N2c2ccccc2)cc1. The van der Waals surface area contributed by atoms with Gasteiger partial charge in [0.2, 0.25) is 5.91 Å². The van der Waals surface area contributed by atoms with Gasteiger partial charge in [0.1, 0.15) is 16.7 Å². The van der Waals surface area contributed by atoms with Crippen molar-refractivity contribution in [3.63, 3.8) is 0 Å². The van der Waals surface area contributed by atoms with Crippen molar-refractivity contribution in [2.24, 2.45) is 0 Å². The molecule has 1 saturated heterocycles. The molecule has 1 aliphatic rings. The molecule has 0 bridgehead atoms. The summed E-state index contributed by atoms with van der Waals surface area (Å²) in [7, 11) is 0. The number of unbranched alkanes of at least 4 members (excludes halogenated alkanes) is 1. The molecule has 0 spiro atoms. The summed E-state index contributed by atoms with van der Waals surface area (Å²) in [5.74, 6) is -1.19. The van der Waals surface area contributed by atoms with Crippen molar-refractivity contribution in [2.75, 3.05) is 16.8 Å². The molecule has 3 aromatic rings. The van der Waals surface area contributed by atoms with Crippen molar-refractivity contribution in [3.05, 3.63) is 106 Å². The van der Waals surface area contributed by atoms with E-state index in [1.807, 2.05) is 36.4 Å². The van der Waals surface area contributed by atoms with Crippen LogP contribution in [-0.2, 0) is 27.2 Å². The van der Waals surface area contributed by atoms with Crippen molar-refractivity contribution >= 4 is 40.9 Å². The number of nitrogens with one attached hydrogen (secondary N) is 1. The first-order valence-corrected chi connectivity index (χ1v) is 14.2. The minimum atomic E-state index is -0.570. The highest BCUT2D eigenvalue weighted by Crippen LogP contribution is 2.42. The predicted octanol–water partition coefficient (Wildman–Crippen LogP) is 6.27. The summed E-state index contributed by atoms with van der Waals surface area (Å²) in [6.45, 7) is 4.18. The van der Waals surface area contributed by atoms with E-state index >= 15 is 0 Å². The predicted molar refractivity (Wildman–Crippen MR) is 158 cm³/mol. The molecule has 8 heteroatoms. The summed E-state index contributed by atoms with van der Waals surface area (Å²) >= 11 is 1.20. The highest BCUT2D eigenvalue weighted by atomic mass is 32.2. The van der Waals surface area contributed by atoms with Crippen molar-refractivity contribution in [2.45, 2.75) is 44.8 Å². The van der Waals surface area contributed by atoms with Crippen LogP contribution in [0, 0.1) is 11.3 Å². The van der Waals surface area contributed by atoms with Crippen molar-refractivity contribution in [1.29, 1.82) is 5.26 Å². The monoisotopic (exact) mass is 553 g/mol. The number of ether oxygens (including phenoxy) is 1. The maximum absolute atomic E-state index is 13.7. The van der Waals surface area contributed by atoms with Gasteiger partial charge in [0, 0.05) is 11.4 Å². The van der Waals surface area contributed by atoms with E-state index in [-0.39, 0.29) is 18.1 Å². The lowest BCUT2D eigenvalue weighted by molar-refractivity contribution is -0.117. The van der Waals surface area contributed by atoms with E-state index in [4.69, 9.17) is 4.74 Å². The molecule has 0 aliphatic carbocycles. The van der Waals surface area contributed by atoms with E-state index in [1.54, 1.807) is 55.5 Å². The molecule has 1 fully saturated rings. The Kier molecular flexibility index (Phi) is 9.76. The van der Waals surface area contributed by atoms with Crippen LogP contribution in [0.4, 0.5) is 11.4 Å². The number of thioether (sulfide) groups is 1. The van der Waals surface area contributed by atoms with Gasteiger partial charge in [-0.05, 0) is 73.7 Å². The fourth-order valence-electron chi connectivity index (χ4n) is 4.33. The van der Waals surface area contributed by atoms with E-state index in [0.29, 0.717) is 28.4 Å². The third-order valence-corrected chi connectivity index (χ3v) is 7.70. The molecule has 7 nitrogen and oxygen atoms in total. The third-order valence-electron chi connectivity index (χ3n) is 6.44. The molecular weight excluding hydrogens is 522 g/mol. The molecule has 0 saturated carbocycles. The number of hydrogen-bond donors (Lipinski definition) is 1. The molecule has 204 valence electrons. The molecule has 0 radical (unpaired) electrons. The highest BCUT2D eigenvalue weighted by molar-refractivity contribution is 8.05. The Morgan fingerprint density at radius 3 is 2.27 bits per heavy atom. The van der Waals surface area contributed by atoms with Crippen LogP contribution in [-0.4, -0.2) is 29.6 Å². The largest absolute Gasteiger partial charge is 0.462 e. The number of nitrogens with zero attached hydrogens (tertiary/aromatic N) is 2. The molecule has 0 aromatic heterocycles. The number of carbonyl (C=O) groups excluding carboxylic acids is 3. The lowest BCUT2D eigenvalue weighted by Crippen LogP contribution is -2.30. The Labute approximate surface area is 238 Å². The molecule has 3 aromatic carbocycles. The van der Waals surface area contributed by atoms with Gasteiger partial charge in [-0.1, -0.05) is 67.6 Å². The van der Waals surface area contributed by atoms with E-state index in [0.717, 1.165) is 24.8 Å². The first-order valence-electron chi connectivity index (χ1n) is 13.3. The molecule has 1 atom stereocenters. The van der Waals surface area contributed by atoms with Gasteiger partial charge in [-0.15, -0.1) is 0 Å². The standard InChI is InChI=1S/C32H31N3O4S/c1-3-5-9-22-14-18-25(19-15-22)34-29(36)27(21-33)31-35(26-10-7-6-8-11-26)30(37)28(40-31)20-23-12-16-24(17-13-23)32(38)39-4-2/h6-8,10-19,28H,3-5,9,20H2,1-2H3,(H,34,36). The molecule has 40 heavy (non-hydrogen) atoms.